The average Bonchev–Trinajstić information content (AvgIpc) is 2.19. The van der Waals surface area contributed by atoms with Crippen molar-refractivity contribution in [2.75, 3.05) is 6.61 Å². The highest BCUT2D eigenvalue weighted by atomic mass is 127. The summed E-state index contributed by atoms with van der Waals surface area (Å²) >= 11 is 2.23. The second kappa shape index (κ2) is 4.76. The van der Waals surface area contributed by atoms with Crippen molar-refractivity contribution in [1.82, 2.24) is 0 Å². The van der Waals surface area contributed by atoms with Crippen LogP contribution in [0.3, 0.4) is 0 Å². The van der Waals surface area contributed by atoms with Crippen molar-refractivity contribution in [3.63, 3.8) is 0 Å². The third-order valence-electron chi connectivity index (χ3n) is 2.34. The van der Waals surface area contributed by atoms with Crippen molar-refractivity contribution in [1.29, 1.82) is 5.26 Å². The average molecular weight is 301 g/mol. The van der Waals surface area contributed by atoms with Crippen molar-refractivity contribution in [2.24, 2.45) is 0 Å². The minimum atomic E-state index is -0.570. The molecule has 0 spiro atoms. The zero-order valence-electron chi connectivity index (χ0n) is 8.00. The highest BCUT2D eigenvalue weighted by Gasteiger charge is 2.25. The summed E-state index contributed by atoms with van der Waals surface area (Å²) in [6.07, 6.45) is 0.476. The number of rotatable bonds is 3. The zero-order chi connectivity index (χ0) is 10.6. The largest absolute Gasteiger partial charge is 0.396 e. The quantitative estimate of drug-likeness (QED) is 0.872. The summed E-state index contributed by atoms with van der Waals surface area (Å²) in [6.45, 7) is 1.89. The van der Waals surface area contributed by atoms with Crippen LogP contribution in [0, 0.1) is 14.9 Å². The van der Waals surface area contributed by atoms with Crippen molar-refractivity contribution >= 4 is 22.6 Å². The molecule has 1 aromatic carbocycles. The fourth-order valence-electron chi connectivity index (χ4n) is 1.31. The van der Waals surface area contributed by atoms with Gasteiger partial charge in [-0.2, -0.15) is 5.26 Å². The minimum absolute atomic E-state index is 0.0377. The number of nitriles is 1. The SMILES string of the molecule is CC(C#N)(CCO)c1ccc(I)cc1. The second-order valence-electron chi connectivity index (χ2n) is 3.42. The maximum Gasteiger partial charge on any atom is 0.0816 e. The molecule has 0 heterocycles. The Hall–Kier alpha value is -0.600. The van der Waals surface area contributed by atoms with Gasteiger partial charge in [0.2, 0.25) is 0 Å². The first-order valence-electron chi connectivity index (χ1n) is 4.40. The molecule has 2 nitrogen and oxygen atoms in total. The summed E-state index contributed by atoms with van der Waals surface area (Å²) in [5.74, 6) is 0. The van der Waals surface area contributed by atoms with E-state index in [2.05, 4.69) is 28.7 Å². The second-order valence-corrected chi connectivity index (χ2v) is 4.67. The van der Waals surface area contributed by atoms with Gasteiger partial charge in [-0.25, -0.2) is 0 Å². The van der Waals surface area contributed by atoms with Gasteiger partial charge in [0.15, 0.2) is 0 Å². The first-order chi connectivity index (χ1) is 6.62. The van der Waals surface area contributed by atoms with Crippen LogP contribution in [0.4, 0.5) is 0 Å². The number of nitrogens with zero attached hydrogens (tertiary/aromatic N) is 1. The van der Waals surface area contributed by atoms with Crippen molar-refractivity contribution in [3.8, 4) is 6.07 Å². The molecule has 3 heteroatoms. The van der Waals surface area contributed by atoms with Crippen LogP contribution in [0.25, 0.3) is 0 Å². The van der Waals surface area contributed by atoms with Gasteiger partial charge >= 0.3 is 0 Å². The van der Waals surface area contributed by atoms with E-state index < -0.39 is 5.41 Å². The van der Waals surface area contributed by atoms with Crippen LogP contribution in [0.15, 0.2) is 24.3 Å². The van der Waals surface area contributed by atoms with E-state index in [9.17, 15) is 0 Å². The van der Waals surface area contributed by atoms with Gasteiger partial charge in [-0.3, -0.25) is 0 Å². The smallest absolute Gasteiger partial charge is 0.0816 e. The Morgan fingerprint density at radius 3 is 2.43 bits per heavy atom. The molecule has 0 aliphatic heterocycles. The molecule has 0 fully saturated rings. The lowest BCUT2D eigenvalue weighted by Crippen LogP contribution is -2.20. The van der Waals surface area contributed by atoms with Crippen molar-refractivity contribution < 1.29 is 5.11 Å². The normalized spacial score (nSPS) is 14.4. The van der Waals surface area contributed by atoms with Gasteiger partial charge in [-0.05, 0) is 53.6 Å². The number of halogens is 1. The monoisotopic (exact) mass is 301 g/mol. The summed E-state index contributed by atoms with van der Waals surface area (Å²) in [6, 6.07) is 10.1. The molecule has 0 saturated carbocycles. The number of aliphatic hydroxyl groups is 1. The molecule has 1 N–H and O–H groups in total. The lowest BCUT2D eigenvalue weighted by atomic mass is 9.81. The van der Waals surface area contributed by atoms with E-state index in [-0.39, 0.29) is 6.61 Å². The van der Waals surface area contributed by atoms with E-state index in [1.165, 1.54) is 0 Å². The summed E-state index contributed by atoms with van der Waals surface area (Å²) in [5, 5.41) is 18.0. The molecule has 1 atom stereocenters. The van der Waals surface area contributed by atoms with E-state index in [1.54, 1.807) is 0 Å². The Kier molecular flexibility index (Phi) is 3.90. The molecule has 14 heavy (non-hydrogen) atoms. The minimum Gasteiger partial charge on any atom is -0.396 e. The highest BCUT2D eigenvalue weighted by Crippen LogP contribution is 2.26. The molecule has 1 unspecified atom stereocenters. The fraction of sp³-hybridized carbons (Fsp3) is 0.364. The molecular formula is C11H12INO. The molecule has 0 bridgehead atoms. The van der Waals surface area contributed by atoms with Crippen LogP contribution in [-0.2, 0) is 5.41 Å². The molecule has 0 aliphatic rings. The van der Waals surface area contributed by atoms with E-state index in [0.717, 1.165) is 9.13 Å². The standard InChI is InChI=1S/C11H12INO/c1-11(8-13,6-7-14)9-2-4-10(12)5-3-9/h2-5,14H,6-7H2,1H3. The zero-order valence-corrected chi connectivity index (χ0v) is 10.2. The molecule has 0 amide bonds. The van der Waals surface area contributed by atoms with Gasteiger partial charge in [0, 0.05) is 10.2 Å². The number of benzene rings is 1. The van der Waals surface area contributed by atoms with Crippen LogP contribution in [0.1, 0.15) is 18.9 Å². The van der Waals surface area contributed by atoms with E-state index >= 15 is 0 Å². The Morgan fingerprint density at radius 1 is 1.43 bits per heavy atom. The van der Waals surface area contributed by atoms with Gasteiger partial charge in [0.25, 0.3) is 0 Å². The van der Waals surface area contributed by atoms with Gasteiger partial charge < -0.3 is 5.11 Å². The Balaban J connectivity index is 3.01. The lowest BCUT2D eigenvalue weighted by Gasteiger charge is -2.20. The van der Waals surface area contributed by atoms with Crippen LogP contribution in [0.2, 0.25) is 0 Å². The molecule has 0 aliphatic carbocycles. The van der Waals surface area contributed by atoms with Gasteiger partial charge in [-0.1, -0.05) is 12.1 Å². The topological polar surface area (TPSA) is 44.0 Å². The first kappa shape index (κ1) is 11.5. The first-order valence-corrected chi connectivity index (χ1v) is 5.48. The molecule has 74 valence electrons. The predicted octanol–water partition coefficient (Wildman–Crippen LogP) is 2.45. The van der Waals surface area contributed by atoms with Gasteiger partial charge in [-0.15, -0.1) is 0 Å². The molecule has 1 rings (SSSR count). The summed E-state index contributed by atoms with van der Waals surface area (Å²) in [5.41, 5.74) is 0.397. The third-order valence-corrected chi connectivity index (χ3v) is 3.06. The summed E-state index contributed by atoms with van der Waals surface area (Å²) in [7, 11) is 0. The Labute approximate surface area is 97.7 Å². The van der Waals surface area contributed by atoms with E-state index in [1.807, 2.05) is 31.2 Å². The summed E-state index contributed by atoms with van der Waals surface area (Å²) in [4.78, 5) is 0. The predicted molar refractivity (Wildman–Crippen MR) is 63.8 cm³/mol. The molecule has 1 aromatic rings. The maximum atomic E-state index is 9.08. The Morgan fingerprint density at radius 2 is 2.00 bits per heavy atom. The van der Waals surface area contributed by atoms with E-state index in [4.69, 9.17) is 10.4 Å². The molecule has 0 saturated heterocycles. The number of aliphatic hydroxyl groups excluding tert-OH is 1. The molecular weight excluding hydrogens is 289 g/mol. The van der Waals surface area contributed by atoms with Crippen LogP contribution in [-0.4, -0.2) is 11.7 Å². The Bertz CT molecular complexity index is 341. The number of hydrogen-bond acceptors (Lipinski definition) is 2. The number of hydrogen-bond donors (Lipinski definition) is 1. The van der Waals surface area contributed by atoms with E-state index in [0.29, 0.717) is 6.42 Å². The van der Waals surface area contributed by atoms with Crippen LogP contribution >= 0.6 is 22.6 Å². The summed E-state index contributed by atoms with van der Waals surface area (Å²) < 4.78 is 1.15. The maximum absolute atomic E-state index is 9.08. The van der Waals surface area contributed by atoms with Crippen LogP contribution < -0.4 is 0 Å². The van der Waals surface area contributed by atoms with Gasteiger partial charge in [0.05, 0.1) is 11.5 Å². The fourth-order valence-corrected chi connectivity index (χ4v) is 1.67. The third kappa shape index (κ3) is 2.46. The van der Waals surface area contributed by atoms with Crippen molar-refractivity contribution in [2.45, 2.75) is 18.8 Å². The van der Waals surface area contributed by atoms with Crippen LogP contribution in [0.5, 0.6) is 0 Å². The lowest BCUT2D eigenvalue weighted by molar-refractivity contribution is 0.264. The molecule has 0 radical (unpaired) electrons. The molecule has 0 aromatic heterocycles. The highest BCUT2D eigenvalue weighted by molar-refractivity contribution is 14.1. The van der Waals surface area contributed by atoms with Gasteiger partial charge in [0.1, 0.15) is 0 Å². The van der Waals surface area contributed by atoms with Crippen molar-refractivity contribution in [3.05, 3.63) is 33.4 Å².